The van der Waals surface area contributed by atoms with Crippen molar-refractivity contribution >= 4 is 5.82 Å². The van der Waals surface area contributed by atoms with Gasteiger partial charge in [0.25, 0.3) is 0 Å². The van der Waals surface area contributed by atoms with Crippen LogP contribution in [0.25, 0.3) is 11.3 Å². The van der Waals surface area contributed by atoms with Gasteiger partial charge in [-0.25, -0.2) is 4.98 Å². The molecule has 1 aromatic carbocycles. The molecule has 96 valence electrons. The van der Waals surface area contributed by atoms with Gasteiger partial charge < -0.3 is 10.3 Å². The van der Waals surface area contributed by atoms with Gasteiger partial charge in [-0.1, -0.05) is 25.1 Å². The molecule has 2 aromatic rings. The van der Waals surface area contributed by atoms with Crippen LogP contribution in [0.4, 0.5) is 5.82 Å². The molecule has 2 N–H and O–H groups in total. The first-order valence-electron chi connectivity index (χ1n) is 6.51. The molecule has 0 radical (unpaired) electrons. The van der Waals surface area contributed by atoms with E-state index in [1.54, 1.807) is 0 Å². The average Bonchev–Trinajstić information content (AvgIpc) is 2.66. The SMILES string of the molecule is CCc1nc(-c2c(C)cccc2C)c(N)n1CC. The summed E-state index contributed by atoms with van der Waals surface area (Å²) in [5.41, 5.74) is 10.8. The molecule has 0 bridgehead atoms. The molecule has 0 fully saturated rings. The number of hydrogen-bond acceptors (Lipinski definition) is 2. The van der Waals surface area contributed by atoms with Crippen LogP contribution in [0, 0.1) is 13.8 Å². The van der Waals surface area contributed by atoms with Crippen LogP contribution >= 0.6 is 0 Å². The van der Waals surface area contributed by atoms with Crippen LogP contribution in [-0.2, 0) is 13.0 Å². The van der Waals surface area contributed by atoms with Crippen LogP contribution in [0.3, 0.4) is 0 Å². The molecule has 3 heteroatoms. The van der Waals surface area contributed by atoms with Gasteiger partial charge in [0.1, 0.15) is 17.3 Å². The Hall–Kier alpha value is -1.77. The molecule has 1 heterocycles. The molecule has 18 heavy (non-hydrogen) atoms. The number of anilines is 1. The highest BCUT2D eigenvalue weighted by Crippen LogP contribution is 2.31. The number of aryl methyl sites for hydroxylation is 3. The fourth-order valence-electron chi connectivity index (χ4n) is 2.51. The van der Waals surface area contributed by atoms with Gasteiger partial charge in [0.15, 0.2) is 0 Å². The summed E-state index contributed by atoms with van der Waals surface area (Å²) in [4.78, 5) is 4.73. The third kappa shape index (κ3) is 1.90. The van der Waals surface area contributed by atoms with E-state index in [-0.39, 0.29) is 0 Å². The van der Waals surface area contributed by atoms with Gasteiger partial charge in [0, 0.05) is 18.5 Å². The minimum atomic E-state index is 0.784. The Morgan fingerprint density at radius 2 is 1.78 bits per heavy atom. The van der Waals surface area contributed by atoms with Crippen molar-refractivity contribution in [3.8, 4) is 11.3 Å². The zero-order chi connectivity index (χ0) is 13.3. The van der Waals surface area contributed by atoms with Crippen molar-refractivity contribution in [3.05, 3.63) is 35.2 Å². The molecule has 0 atom stereocenters. The molecule has 2 rings (SSSR count). The Kier molecular flexibility index (Phi) is 3.41. The first kappa shape index (κ1) is 12.7. The summed E-state index contributed by atoms with van der Waals surface area (Å²) >= 11 is 0. The van der Waals surface area contributed by atoms with E-state index in [4.69, 9.17) is 10.7 Å². The average molecular weight is 243 g/mol. The molecule has 0 spiro atoms. The summed E-state index contributed by atoms with van der Waals surface area (Å²) in [5.74, 6) is 1.85. The quantitative estimate of drug-likeness (QED) is 0.898. The summed E-state index contributed by atoms with van der Waals surface area (Å²) in [7, 11) is 0. The van der Waals surface area contributed by atoms with E-state index in [0.717, 1.165) is 30.3 Å². The second-order valence-corrected chi connectivity index (χ2v) is 4.63. The number of nitrogens with zero attached hydrogens (tertiary/aromatic N) is 2. The van der Waals surface area contributed by atoms with Gasteiger partial charge in [-0.15, -0.1) is 0 Å². The fraction of sp³-hybridized carbons (Fsp3) is 0.400. The lowest BCUT2D eigenvalue weighted by atomic mass is 10.0. The largest absolute Gasteiger partial charge is 0.383 e. The van der Waals surface area contributed by atoms with Gasteiger partial charge in [-0.05, 0) is 31.9 Å². The van der Waals surface area contributed by atoms with Crippen LogP contribution in [-0.4, -0.2) is 9.55 Å². The number of rotatable bonds is 3. The standard InChI is InChI=1S/C15H21N3/c1-5-12-17-14(15(16)18(12)6-2)13-10(3)8-7-9-11(13)4/h7-9H,5-6,16H2,1-4H3. The predicted molar refractivity (Wildman–Crippen MR) is 76.6 cm³/mol. The van der Waals surface area contributed by atoms with E-state index < -0.39 is 0 Å². The van der Waals surface area contributed by atoms with Crippen LogP contribution in [0.1, 0.15) is 30.8 Å². The first-order valence-corrected chi connectivity index (χ1v) is 6.51. The lowest BCUT2D eigenvalue weighted by Gasteiger charge is -2.08. The molecule has 0 aliphatic rings. The van der Waals surface area contributed by atoms with Crippen molar-refractivity contribution in [1.29, 1.82) is 0 Å². The van der Waals surface area contributed by atoms with Crippen molar-refractivity contribution in [2.45, 2.75) is 40.7 Å². The maximum atomic E-state index is 6.26. The molecule has 3 nitrogen and oxygen atoms in total. The van der Waals surface area contributed by atoms with E-state index in [0.29, 0.717) is 0 Å². The molecule has 0 amide bonds. The van der Waals surface area contributed by atoms with Gasteiger partial charge in [0.05, 0.1) is 0 Å². The minimum Gasteiger partial charge on any atom is -0.383 e. The molecule has 0 saturated heterocycles. The normalized spacial score (nSPS) is 10.9. The Morgan fingerprint density at radius 3 is 2.22 bits per heavy atom. The molecule has 0 unspecified atom stereocenters. The first-order chi connectivity index (χ1) is 8.60. The Morgan fingerprint density at radius 1 is 1.17 bits per heavy atom. The molecular weight excluding hydrogens is 222 g/mol. The minimum absolute atomic E-state index is 0.784. The van der Waals surface area contributed by atoms with Gasteiger partial charge in [-0.3, -0.25) is 0 Å². The van der Waals surface area contributed by atoms with Crippen molar-refractivity contribution in [3.63, 3.8) is 0 Å². The second kappa shape index (κ2) is 4.84. The predicted octanol–water partition coefficient (Wildman–Crippen LogP) is 3.33. The monoisotopic (exact) mass is 243 g/mol. The van der Waals surface area contributed by atoms with E-state index in [2.05, 4.69) is 50.5 Å². The molecular formula is C15H21N3. The van der Waals surface area contributed by atoms with E-state index in [1.807, 2.05) is 0 Å². The van der Waals surface area contributed by atoms with Crippen LogP contribution in [0.2, 0.25) is 0 Å². The summed E-state index contributed by atoms with van der Waals surface area (Å²) in [6.07, 6.45) is 0.906. The van der Waals surface area contributed by atoms with Crippen molar-refractivity contribution in [2.24, 2.45) is 0 Å². The number of nitrogen functional groups attached to an aromatic ring is 1. The Labute approximate surface area is 109 Å². The van der Waals surface area contributed by atoms with Crippen LogP contribution in [0.15, 0.2) is 18.2 Å². The number of benzene rings is 1. The van der Waals surface area contributed by atoms with Gasteiger partial charge in [-0.2, -0.15) is 0 Å². The fourth-order valence-corrected chi connectivity index (χ4v) is 2.51. The van der Waals surface area contributed by atoms with E-state index in [1.165, 1.54) is 16.7 Å². The summed E-state index contributed by atoms with van der Waals surface area (Å²) in [6.45, 7) is 9.30. The molecule has 0 saturated carbocycles. The number of aromatic nitrogens is 2. The van der Waals surface area contributed by atoms with Crippen molar-refractivity contribution in [2.75, 3.05) is 5.73 Å². The number of nitrogens with two attached hydrogens (primary N) is 1. The van der Waals surface area contributed by atoms with Gasteiger partial charge >= 0.3 is 0 Å². The maximum Gasteiger partial charge on any atom is 0.131 e. The maximum absolute atomic E-state index is 6.26. The zero-order valence-corrected chi connectivity index (χ0v) is 11.6. The highest BCUT2D eigenvalue weighted by molar-refractivity contribution is 5.76. The summed E-state index contributed by atoms with van der Waals surface area (Å²) in [6, 6.07) is 6.29. The molecule has 1 aromatic heterocycles. The highest BCUT2D eigenvalue weighted by Gasteiger charge is 2.16. The second-order valence-electron chi connectivity index (χ2n) is 4.63. The van der Waals surface area contributed by atoms with Gasteiger partial charge in [0.2, 0.25) is 0 Å². The smallest absolute Gasteiger partial charge is 0.131 e. The number of imidazole rings is 1. The van der Waals surface area contributed by atoms with Crippen molar-refractivity contribution < 1.29 is 0 Å². The van der Waals surface area contributed by atoms with E-state index >= 15 is 0 Å². The Bertz CT molecular complexity index is 547. The van der Waals surface area contributed by atoms with E-state index in [9.17, 15) is 0 Å². The third-order valence-electron chi connectivity index (χ3n) is 3.44. The van der Waals surface area contributed by atoms with Crippen LogP contribution < -0.4 is 5.73 Å². The molecule has 0 aliphatic carbocycles. The summed E-state index contributed by atoms with van der Waals surface area (Å²) in [5, 5.41) is 0. The molecule has 0 aliphatic heterocycles. The topological polar surface area (TPSA) is 43.8 Å². The highest BCUT2D eigenvalue weighted by atomic mass is 15.1. The lowest BCUT2D eigenvalue weighted by Crippen LogP contribution is -2.04. The van der Waals surface area contributed by atoms with Crippen molar-refractivity contribution in [1.82, 2.24) is 9.55 Å². The number of hydrogen-bond donors (Lipinski definition) is 1. The summed E-state index contributed by atoms with van der Waals surface area (Å²) < 4.78 is 2.10. The van der Waals surface area contributed by atoms with Crippen LogP contribution in [0.5, 0.6) is 0 Å². The zero-order valence-electron chi connectivity index (χ0n) is 11.6. The Balaban J connectivity index is 2.68. The lowest BCUT2D eigenvalue weighted by molar-refractivity contribution is 0.713. The third-order valence-corrected chi connectivity index (χ3v) is 3.44.